The Bertz CT molecular complexity index is 881. The first kappa shape index (κ1) is 16.3. The lowest BCUT2D eigenvalue weighted by molar-refractivity contribution is 0.210. The number of aromatic nitrogens is 2. The molecule has 7 heteroatoms. The van der Waals surface area contributed by atoms with Crippen molar-refractivity contribution in [1.29, 1.82) is 0 Å². The van der Waals surface area contributed by atoms with Crippen LogP contribution in [-0.4, -0.2) is 28.3 Å². The van der Waals surface area contributed by atoms with Gasteiger partial charge in [-0.2, -0.15) is 0 Å². The quantitative estimate of drug-likeness (QED) is 0.652. The molecule has 1 aromatic heterocycles. The number of hydrogen-bond donors (Lipinski definition) is 3. The lowest BCUT2D eigenvalue weighted by atomic mass is 10.1. The van der Waals surface area contributed by atoms with Gasteiger partial charge in [-0.1, -0.05) is 12.1 Å². The van der Waals surface area contributed by atoms with Crippen LogP contribution in [0.2, 0.25) is 0 Å². The van der Waals surface area contributed by atoms with Crippen LogP contribution in [0.4, 0.5) is 22.0 Å². The van der Waals surface area contributed by atoms with Crippen LogP contribution in [-0.2, 0) is 0 Å². The van der Waals surface area contributed by atoms with Gasteiger partial charge in [0.25, 0.3) is 0 Å². The van der Waals surface area contributed by atoms with Crippen molar-refractivity contribution in [3.63, 3.8) is 0 Å². The second kappa shape index (κ2) is 7.31. The van der Waals surface area contributed by atoms with Gasteiger partial charge in [0.1, 0.15) is 17.9 Å². The minimum atomic E-state index is -1.10. The number of rotatable bonds is 5. The van der Waals surface area contributed by atoms with E-state index < -0.39 is 6.09 Å². The number of anilines is 3. The van der Waals surface area contributed by atoms with Crippen molar-refractivity contribution in [2.24, 2.45) is 0 Å². The fraction of sp³-hybridized carbons (Fsp3) is 0.0556. The molecule has 3 aromatic rings. The van der Waals surface area contributed by atoms with Gasteiger partial charge < -0.3 is 15.2 Å². The van der Waals surface area contributed by atoms with E-state index in [4.69, 9.17) is 9.84 Å². The maximum atomic E-state index is 10.6. The van der Waals surface area contributed by atoms with E-state index in [0.717, 1.165) is 22.7 Å². The first-order chi connectivity index (χ1) is 12.2. The number of carboxylic acid groups (broad SMARTS) is 1. The monoisotopic (exact) mass is 336 g/mol. The van der Waals surface area contributed by atoms with Crippen LogP contribution in [0.15, 0.2) is 60.9 Å². The smallest absolute Gasteiger partial charge is 0.409 e. The van der Waals surface area contributed by atoms with Crippen LogP contribution in [0, 0.1) is 0 Å². The number of benzene rings is 2. The number of methoxy groups -OCH3 is 1. The Labute approximate surface area is 144 Å². The van der Waals surface area contributed by atoms with Gasteiger partial charge >= 0.3 is 6.09 Å². The summed E-state index contributed by atoms with van der Waals surface area (Å²) in [7, 11) is 1.62. The van der Waals surface area contributed by atoms with E-state index in [2.05, 4.69) is 20.6 Å². The molecular formula is C18H16N4O3. The third-order valence-corrected chi connectivity index (χ3v) is 3.46. The highest BCUT2D eigenvalue weighted by Gasteiger charge is 2.08. The molecule has 0 aliphatic rings. The molecule has 0 radical (unpaired) electrons. The zero-order valence-electron chi connectivity index (χ0n) is 13.4. The largest absolute Gasteiger partial charge is 0.496 e. The number of nitrogens with one attached hydrogen (secondary N) is 2. The predicted molar refractivity (Wildman–Crippen MR) is 95.4 cm³/mol. The van der Waals surface area contributed by atoms with Crippen LogP contribution in [0.25, 0.3) is 11.3 Å². The Morgan fingerprint density at radius 1 is 1.04 bits per heavy atom. The van der Waals surface area contributed by atoms with Gasteiger partial charge in [-0.3, -0.25) is 5.32 Å². The van der Waals surface area contributed by atoms with Crippen molar-refractivity contribution >= 4 is 23.3 Å². The molecule has 126 valence electrons. The number of hydrogen-bond acceptors (Lipinski definition) is 5. The van der Waals surface area contributed by atoms with E-state index in [0.29, 0.717) is 11.5 Å². The van der Waals surface area contributed by atoms with E-state index in [1.165, 1.54) is 6.33 Å². The molecule has 3 rings (SSSR count). The van der Waals surface area contributed by atoms with Gasteiger partial charge in [0.15, 0.2) is 0 Å². The fourth-order valence-electron chi connectivity index (χ4n) is 2.34. The maximum Gasteiger partial charge on any atom is 0.409 e. The highest BCUT2D eigenvalue weighted by atomic mass is 16.5. The molecule has 0 atom stereocenters. The Balaban J connectivity index is 1.81. The summed E-state index contributed by atoms with van der Waals surface area (Å²) in [5, 5.41) is 14.2. The number of amides is 1. The fourth-order valence-corrected chi connectivity index (χ4v) is 2.34. The van der Waals surface area contributed by atoms with Crippen LogP contribution in [0.5, 0.6) is 5.75 Å². The molecule has 1 heterocycles. The standard InChI is InChI=1S/C18H16N4O3/c1-25-16-5-3-2-4-14(16)15-10-17(20-11-19-15)21-12-6-8-13(9-7-12)22-18(23)24/h2-11,22H,1H3,(H,23,24)(H,19,20,21). The Hall–Kier alpha value is -3.61. The topological polar surface area (TPSA) is 96.4 Å². The highest BCUT2D eigenvalue weighted by Crippen LogP contribution is 2.29. The summed E-state index contributed by atoms with van der Waals surface area (Å²) in [5.74, 6) is 1.35. The van der Waals surface area contributed by atoms with Crippen molar-refractivity contribution in [1.82, 2.24) is 9.97 Å². The molecule has 0 spiro atoms. The summed E-state index contributed by atoms with van der Waals surface area (Å²) in [4.78, 5) is 19.1. The molecule has 0 saturated heterocycles. The first-order valence-electron chi connectivity index (χ1n) is 7.48. The summed E-state index contributed by atoms with van der Waals surface area (Å²) < 4.78 is 5.37. The summed E-state index contributed by atoms with van der Waals surface area (Å²) in [5.41, 5.74) is 2.88. The maximum absolute atomic E-state index is 10.6. The molecular weight excluding hydrogens is 320 g/mol. The van der Waals surface area contributed by atoms with Crippen LogP contribution in [0.1, 0.15) is 0 Å². The molecule has 0 aliphatic carbocycles. The Kier molecular flexibility index (Phi) is 4.75. The van der Waals surface area contributed by atoms with Gasteiger partial charge in [0.2, 0.25) is 0 Å². The van der Waals surface area contributed by atoms with Crippen LogP contribution >= 0.6 is 0 Å². The molecule has 0 aliphatic heterocycles. The van der Waals surface area contributed by atoms with Gasteiger partial charge in [0, 0.05) is 23.0 Å². The number of para-hydroxylation sites is 1. The number of nitrogens with zero attached hydrogens (tertiary/aromatic N) is 2. The molecule has 2 aromatic carbocycles. The van der Waals surface area contributed by atoms with Crippen molar-refractivity contribution in [2.45, 2.75) is 0 Å². The number of carbonyl (C=O) groups is 1. The second-order valence-corrected chi connectivity index (χ2v) is 5.12. The normalized spacial score (nSPS) is 10.1. The van der Waals surface area contributed by atoms with Crippen molar-refractivity contribution in [3.05, 3.63) is 60.9 Å². The summed E-state index contributed by atoms with van der Waals surface area (Å²) in [6, 6.07) is 16.3. The molecule has 0 bridgehead atoms. The van der Waals surface area contributed by atoms with Crippen LogP contribution in [0.3, 0.4) is 0 Å². The van der Waals surface area contributed by atoms with E-state index in [-0.39, 0.29) is 0 Å². The van der Waals surface area contributed by atoms with Crippen molar-refractivity contribution in [2.75, 3.05) is 17.7 Å². The zero-order valence-corrected chi connectivity index (χ0v) is 13.4. The van der Waals surface area contributed by atoms with Crippen LogP contribution < -0.4 is 15.4 Å². The van der Waals surface area contributed by atoms with Gasteiger partial charge in [0.05, 0.1) is 12.8 Å². The molecule has 3 N–H and O–H groups in total. The molecule has 7 nitrogen and oxygen atoms in total. The molecule has 0 saturated carbocycles. The van der Waals surface area contributed by atoms with Gasteiger partial charge in [-0.05, 0) is 36.4 Å². The average molecular weight is 336 g/mol. The zero-order chi connectivity index (χ0) is 17.6. The second-order valence-electron chi connectivity index (χ2n) is 5.12. The molecule has 1 amide bonds. The lowest BCUT2D eigenvalue weighted by Gasteiger charge is -2.10. The van der Waals surface area contributed by atoms with E-state index in [1.807, 2.05) is 30.3 Å². The predicted octanol–water partition coefficient (Wildman–Crippen LogP) is 3.99. The SMILES string of the molecule is COc1ccccc1-c1cc(Nc2ccc(NC(=O)O)cc2)ncn1. The number of ether oxygens (including phenoxy) is 1. The lowest BCUT2D eigenvalue weighted by Crippen LogP contribution is -2.06. The molecule has 0 unspecified atom stereocenters. The van der Waals surface area contributed by atoms with E-state index in [9.17, 15) is 4.79 Å². The third kappa shape index (κ3) is 4.03. The van der Waals surface area contributed by atoms with Gasteiger partial charge in [-0.25, -0.2) is 14.8 Å². The van der Waals surface area contributed by atoms with Crippen molar-refractivity contribution in [3.8, 4) is 17.0 Å². The average Bonchev–Trinajstić information content (AvgIpc) is 2.63. The summed E-state index contributed by atoms with van der Waals surface area (Å²) in [6.45, 7) is 0. The first-order valence-corrected chi connectivity index (χ1v) is 7.48. The Morgan fingerprint density at radius 3 is 2.48 bits per heavy atom. The Morgan fingerprint density at radius 2 is 1.76 bits per heavy atom. The summed E-state index contributed by atoms with van der Waals surface area (Å²) in [6.07, 6.45) is 0.378. The summed E-state index contributed by atoms with van der Waals surface area (Å²) >= 11 is 0. The minimum Gasteiger partial charge on any atom is -0.496 e. The molecule has 0 fully saturated rings. The highest BCUT2D eigenvalue weighted by molar-refractivity contribution is 5.83. The third-order valence-electron chi connectivity index (χ3n) is 3.46. The van der Waals surface area contributed by atoms with E-state index in [1.54, 1.807) is 31.4 Å². The van der Waals surface area contributed by atoms with Crippen molar-refractivity contribution < 1.29 is 14.6 Å². The molecule has 25 heavy (non-hydrogen) atoms. The van der Waals surface area contributed by atoms with Gasteiger partial charge in [-0.15, -0.1) is 0 Å². The van der Waals surface area contributed by atoms with E-state index >= 15 is 0 Å². The minimum absolute atomic E-state index is 0.496.